The molecule has 0 saturated heterocycles. The molecular weight excluding hydrogens is 268 g/mol. The minimum Gasteiger partial charge on any atom is -0.463 e. The minimum atomic E-state index is -0.468. The van der Waals surface area contributed by atoms with Crippen molar-refractivity contribution in [2.75, 3.05) is 6.61 Å². The summed E-state index contributed by atoms with van der Waals surface area (Å²) in [5, 5.41) is 0. The van der Waals surface area contributed by atoms with Crippen LogP contribution in [0, 0.1) is 0 Å². The molecule has 1 saturated carbocycles. The number of unbranched alkanes of at least 4 members (excludes halogenated alkanes) is 3. The van der Waals surface area contributed by atoms with Crippen molar-refractivity contribution in [3.8, 4) is 0 Å². The fourth-order valence-corrected chi connectivity index (χ4v) is 2.45. The standard InChI is InChI=1S/C17H28O4/c1-2-3-4-9-14-20-16(18)12-13-17(19)21-15-10-7-5-6-8-11-15/h12-13,15H,2-11,14H2,1H3/b13-12+. The Hall–Kier alpha value is -1.32. The molecule has 21 heavy (non-hydrogen) atoms. The average molecular weight is 296 g/mol. The summed E-state index contributed by atoms with van der Waals surface area (Å²) in [6.45, 7) is 2.55. The molecule has 0 aromatic rings. The van der Waals surface area contributed by atoms with Crippen molar-refractivity contribution in [1.29, 1.82) is 0 Å². The molecule has 4 heteroatoms. The van der Waals surface area contributed by atoms with Crippen LogP contribution in [0.1, 0.15) is 71.1 Å². The summed E-state index contributed by atoms with van der Waals surface area (Å²) in [6, 6.07) is 0. The van der Waals surface area contributed by atoms with Crippen molar-refractivity contribution in [1.82, 2.24) is 0 Å². The third-order valence-electron chi connectivity index (χ3n) is 3.68. The van der Waals surface area contributed by atoms with Crippen LogP contribution in [-0.2, 0) is 19.1 Å². The summed E-state index contributed by atoms with van der Waals surface area (Å²) in [7, 11) is 0. The van der Waals surface area contributed by atoms with Crippen LogP contribution in [0.4, 0.5) is 0 Å². The highest BCUT2D eigenvalue weighted by atomic mass is 16.5. The highest BCUT2D eigenvalue weighted by Crippen LogP contribution is 2.19. The first-order valence-corrected chi connectivity index (χ1v) is 8.28. The Morgan fingerprint density at radius 2 is 1.62 bits per heavy atom. The van der Waals surface area contributed by atoms with Crippen LogP contribution in [0.25, 0.3) is 0 Å². The van der Waals surface area contributed by atoms with Crippen molar-refractivity contribution in [3.63, 3.8) is 0 Å². The number of hydrogen-bond donors (Lipinski definition) is 0. The van der Waals surface area contributed by atoms with Gasteiger partial charge in [0.1, 0.15) is 6.10 Å². The van der Waals surface area contributed by atoms with Gasteiger partial charge in [0.15, 0.2) is 0 Å². The molecule has 1 rings (SSSR count). The Balaban J connectivity index is 2.15. The van der Waals surface area contributed by atoms with Gasteiger partial charge in [-0.1, -0.05) is 39.0 Å². The number of rotatable bonds is 8. The average Bonchev–Trinajstić information content (AvgIpc) is 2.73. The number of ether oxygens (including phenoxy) is 2. The molecule has 1 aliphatic carbocycles. The van der Waals surface area contributed by atoms with E-state index in [2.05, 4.69) is 6.92 Å². The number of esters is 2. The Bertz CT molecular complexity index is 328. The van der Waals surface area contributed by atoms with Crippen LogP contribution in [-0.4, -0.2) is 24.6 Å². The van der Waals surface area contributed by atoms with Gasteiger partial charge in [0.2, 0.25) is 0 Å². The lowest BCUT2D eigenvalue weighted by molar-refractivity contribution is -0.144. The second kappa shape index (κ2) is 11.4. The van der Waals surface area contributed by atoms with E-state index in [1.165, 1.54) is 25.0 Å². The van der Waals surface area contributed by atoms with E-state index in [1.807, 2.05) is 0 Å². The summed E-state index contributed by atoms with van der Waals surface area (Å²) in [6.07, 6.45) is 13.1. The molecular formula is C17H28O4. The van der Waals surface area contributed by atoms with Gasteiger partial charge in [-0.2, -0.15) is 0 Å². The van der Waals surface area contributed by atoms with E-state index in [9.17, 15) is 9.59 Å². The molecule has 1 aliphatic rings. The van der Waals surface area contributed by atoms with E-state index >= 15 is 0 Å². The topological polar surface area (TPSA) is 52.6 Å². The first-order valence-electron chi connectivity index (χ1n) is 8.28. The normalized spacial score (nSPS) is 16.6. The molecule has 1 fully saturated rings. The predicted octanol–water partition coefficient (Wildman–Crippen LogP) is 3.93. The van der Waals surface area contributed by atoms with Gasteiger partial charge in [0.05, 0.1) is 6.61 Å². The summed E-state index contributed by atoms with van der Waals surface area (Å²) in [5.41, 5.74) is 0. The van der Waals surface area contributed by atoms with Crippen LogP contribution in [0.15, 0.2) is 12.2 Å². The number of carbonyl (C=O) groups is 2. The molecule has 120 valence electrons. The molecule has 0 N–H and O–H groups in total. The van der Waals surface area contributed by atoms with Gasteiger partial charge in [-0.3, -0.25) is 0 Å². The maximum absolute atomic E-state index is 11.6. The zero-order valence-corrected chi connectivity index (χ0v) is 13.1. The van der Waals surface area contributed by atoms with Gasteiger partial charge < -0.3 is 9.47 Å². The summed E-state index contributed by atoms with van der Waals surface area (Å²) >= 11 is 0. The molecule has 0 bridgehead atoms. The lowest BCUT2D eigenvalue weighted by Gasteiger charge is -2.13. The maximum Gasteiger partial charge on any atom is 0.331 e. The molecule has 0 spiro atoms. The van der Waals surface area contributed by atoms with Crippen molar-refractivity contribution in [2.24, 2.45) is 0 Å². The Morgan fingerprint density at radius 3 is 2.29 bits per heavy atom. The van der Waals surface area contributed by atoms with E-state index in [-0.39, 0.29) is 6.10 Å². The van der Waals surface area contributed by atoms with E-state index in [1.54, 1.807) is 0 Å². The van der Waals surface area contributed by atoms with Gasteiger partial charge in [-0.15, -0.1) is 0 Å². The fraction of sp³-hybridized carbons (Fsp3) is 0.765. The zero-order chi connectivity index (χ0) is 15.3. The Labute approximate surface area is 127 Å². The number of carbonyl (C=O) groups excluding carboxylic acids is 2. The van der Waals surface area contributed by atoms with E-state index in [4.69, 9.17) is 9.47 Å². The van der Waals surface area contributed by atoms with Crippen LogP contribution >= 0.6 is 0 Å². The van der Waals surface area contributed by atoms with Crippen LogP contribution in [0.3, 0.4) is 0 Å². The monoisotopic (exact) mass is 296 g/mol. The van der Waals surface area contributed by atoms with E-state index in [0.717, 1.165) is 51.4 Å². The summed E-state index contributed by atoms with van der Waals surface area (Å²) < 4.78 is 10.4. The third-order valence-corrected chi connectivity index (χ3v) is 3.68. The van der Waals surface area contributed by atoms with E-state index in [0.29, 0.717) is 6.61 Å². The Morgan fingerprint density at radius 1 is 0.952 bits per heavy atom. The van der Waals surface area contributed by atoms with Gasteiger partial charge in [0, 0.05) is 12.2 Å². The largest absolute Gasteiger partial charge is 0.463 e. The molecule has 0 aromatic carbocycles. The van der Waals surface area contributed by atoms with Crippen LogP contribution < -0.4 is 0 Å². The minimum absolute atomic E-state index is 0.00899. The van der Waals surface area contributed by atoms with Crippen molar-refractivity contribution >= 4 is 11.9 Å². The lowest BCUT2D eigenvalue weighted by atomic mass is 10.1. The lowest BCUT2D eigenvalue weighted by Crippen LogP contribution is -2.16. The van der Waals surface area contributed by atoms with Crippen LogP contribution in [0.2, 0.25) is 0 Å². The Kier molecular flexibility index (Phi) is 9.58. The summed E-state index contributed by atoms with van der Waals surface area (Å²) in [5.74, 6) is -0.908. The zero-order valence-electron chi connectivity index (χ0n) is 13.1. The second-order valence-electron chi connectivity index (χ2n) is 5.61. The molecule has 0 aromatic heterocycles. The fourth-order valence-electron chi connectivity index (χ4n) is 2.45. The first-order chi connectivity index (χ1) is 10.2. The van der Waals surface area contributed by atoms with Crippen molar-refractivity contribution in [2.45, 2.75) is 77.2 Å². The van der Waals surface area contributed by atoms with Gasteiger partial charge >= 0.3 is 11.9 Å². The van der Waals surface area contributed by atoms with Crippen LogP contribution in [0.5, 0.6) is 0 Å². The van der Waals surface area contributed by atoms with Gasteiger partial charge in [-0.25, -0.2) is 9.59 Å². The second-order valence-corrected chi connectivity index (χ2v) is 5.61. The predicted molar refractivity (Wildman–Crippen MR) is 81.8 cm³/mol. The highest BCUT2D eigenvalue weighted by molar-refractivity contribution is 5.91. The number of hydrogen-bond acceptors (Lipinski definition) is 4. The molecule has 0 radical (unpaired) electrons. The first kappa shape index (κ1) is 17.7. The smallest absolute Gasteiger partial charge is 0.331 e. The van der Waals surface area contributed by atoms with Gasteiger partial charge in [-0.05, 0) is 32.1 Å². The molecule has 0 amide bonds. The maximum atomic E-state index is 11.6. The quantitative estimate of drug-likeness (QED) is 0.295. The molecule has 0 heterocycles. The highest BCUT2D eigenvalue weighted by Gasteiger charge is 2.15. The summed E-state index contributed by atoms with van der Waals surface area (Å²) in [4.78, 5) is 23.0. The SMILES string of the molecule is CCCCCCOC(=O)/C=C/C(=O)OC1CCCCCC1. The van der Waals surface area contributed by atoms with E-state index < -0.39 is 11.9 Å². The van der Waals surface area contributed by atoms with Gasteiger partial charge in [0.25, 0.3) is 0 Å². The molecule has 0 unspecified atom stereocenters. The molecule has 0 atom stereocenters. The third kappa shape index (κ3) is 9.27. The molecule has 4 nitrogen and oxygen atoms in total. The van der Waals surface area contributed by atoms with Crippen molar-refractivity contribution in [3.05, 3.63) is 12.2 Å². The molecule has 0 aliphatic heterocycles. The van der Waals surface area contributed by atoms with Crippen molar-refractivity contribution < 1.29 is 19.1 Å².